The lowest BCUT2D eigenvalue weighted by Crippen LogP contribution is -2.28. The Labute approximate surface area is 107 Å². The average Bonchev–Trinajstić information content (AvgIpc) is 2.43. The smallest absolute Gasteiger partial charge is 0.278 e. The predicted octanol–water partition coefficient (Wildman–Crippen LogP) is 1.53. The van der Waals surface area contributed by atoms with E-state index in [0.29, 0.717) is 17.9 Å². The Hall–Kier alpha value is -1.59. The maximum atomic E-state index is 11.4. The zero-order chi connectivity index (χ0) is 13.4. The minimum absolute atomic E-state index is 0.333. The van der Waals surface area contributed by atoms with Crippen LogP contribution in [-0.2, 0) is 0 Å². The van der Waals surface area contributed by atoms with Crippen LogP contribution in [0.4, 0.5) is 0 Å². The third-order valence-electron chi connectivity index (χ3n) is 2.79. The van der Waals surface area contributed by atoms with E-state index in [4.69, 9.17) is 9.94 Å². The Kier molecular flexibility index (Phi) is 6.18. The summed E-state index contributed by atoms with van der Waals surface area (Å²) in [5.74, 6) is -0.0790. The van der Waals surface area contributed by atoms with Gasteiger partial charge < -0.3 is 9.64 Å². The summed E-state index contributed by atoms with van der Waals surface area (Å²) in [6.45, 7) is 7.45. The number of nitrogens with one attached hydrogen (secondary N) is 1. The van der Waals surface area contributed by atoms with Crippen molar-refractivity contribution in [3.63, 3.8) is 0 Å². The number of ether oxygens (including phenoxy) is 1. The second-order valence-corrected chi connectivity index (χ2v) is 3.81. The number of hydrogen-bond acceptors (Lipinski definition) is 4. The van der Waals surface area contributed by atoms with E-state index in [1.165, 1.54) is 0 Å². The second-order valence-electron chi connectivity index (χ2n) is 3.81. The van der Waals surface area contributed by atoms with Crippen LogP contribution < -0.4 is 10.2 Å². The number of benzene rings is 1. The number of carbonyl (C=O) groups is 1. The van der Waals surface area contributed by atoms with Crippen LogP contribution in [0.5, 0.6) is 5.75 Å². The number of likely N-dealkylation sites (N-methyl/N-ethyl adjacent to an activating group) is 1. The second kappa shape index (κ2) is 7.68. The van der Waals surface area contributed by atoms with Crippen LogP contribution in [0, 0.1) is 0 Å². The fourth-order valence-electron chi connectivity index (χ4n) is 1.66. The van der Waals surface area contributed by atoms with Crippen LogP contribution in [0.2, 0.25) is 0 Å². The van der Waals surface area contributed by atoms with Crippen molar-refractivity contribution in [2.24, 2.45) is 0 Å². The van der Waals surface area contributed by atoms with Gasteiger partial charge in [0.1, 0.15) is 12.4 Å². The highest BCUT2D eigenvalue weighted by molar-refractivity contribution is 5.96. The number of rotatable bonds is 7. The van der Waals surface area contributed by atoms with Gasteiger partial charge in [-0.05, 0) is 25.2 Å². The molecule has 0 spiro atoms. The van der Waals surface area contributed by atoms with Gasteiger partial charge in [-0.3, -0.25) is 10.0 Å². The van der Waals surface area contributed by atoms with Crippen molar-refractivity contribution < 1.29 is 14.7 Å². The Morgan fingerprint density at radius 2 is 2.00 bits per heavy atom. The highest BCUT2D eigenvalue weighted by atomic mass is 16.5. The first-order valence-corrected chi connectivity index (χ1v) is 6.11. The minimum atomic E-state index is -0.562. The van der Waals surface area contributed by atoms with Gasteiger partial charge in [-0.15, -0.1) is 0 Å². The predicted molar refractivity (Wildman–Crippen MR) is 69.0 cm³/mol. The van der Waals surface area contributed by atoms with Crippen molar-refractivity contribution in [2.75, 3.05) is 26.2 Å². The van der Waals surface area contributed by atoms with Crippen LogP contribution in [0.3, 0.4) is 0 Å². The number of hydroxylamine groups is 1. The van der Waals surface area contributed by atoms with Crippen LogP contribution in [-0.4, -0.2) is 42.3 Å². The molecule has 0 aliphatic carbocycles. The molecule has 0 fully saturated rings. The van der Waals surface area contributed by atoms with Gasteiger partial charge in [0.2, 0.25) is 0 Å². The zero-order valence-corrected chi connectivity index (χ0v) is 10.8. The maximum absolute atomic E-state index is 11.4. The topological polar surface area (TPSA) is 61.8 Å². The van der Waals surface area contributed by atoms with Crippen molar-refractivity contribution in [3.05, 3.63) is 29.8 Å². The van der Waals surface area contributed by atoms with Gasteiger partial charge in [-0.25, -0.2) is 5.48 Å². The molecule has 0 aliphatic rings. The lowest BCUT2D eigenvalue weighted by molar-refractivity contribution is 0.0701. The molecule has 0 radical (unpaired) electrons. The summed E-state index contributed by atoms with van der Waals surface area (Å²) in [7, 11) is 0. The number of amides is 1. The SMILES string of the molecule is CCN(CC)CCOc1ccccc1C(=O)NO. The molecule has 0 saturated heterocycles. The van der Waals surface area contributed by atoms with E-state index < -0.39 is 5.91 Å². The molecule has 0 heterocycles. The molecule has 5 nitrogen and oxygen atoms in total. The van der Waals surface area contributed by atoms with Crippen LogP contribution in [0.15, 0.2) is 24.3 Å². The molecule has 1 aromatic rings. The molecule has 0 saturated carbocycles. The summed E-state index contributed by atoms with van der Waals surface area (Å²) in [4.78, 5) is 13.6. The van der Waals surface area contributed by atoms with Crippen molar-refractivity contribution in [1.29, 1.82) is 0 Å². The quantitative estimate of drug-likeness (QED) is 0.570. The largest absolute Gasteiger partial charge is 0.491 e. The van der Waals surface area contributed by atoms with Crippen molar-refractivity contribution >= 4 is 5.91 Å². The van der Waals surface area contributed by atoms with Gasteiger partial charge in [0.05, 0.1) is 5.56 Å². The van der Waals surface area contributed by atoms with E-state index in [1.54, 1.807) is 29.7 Å². The van der Waals surface area contributed by atoms with Gasteiger partial charge in [0, 0.05) is 6.54 Å². The van der Waals surface area contributed by atoms with Crippen molar-refractivity contribution in [3.8, 4) is 5.75 Å². The van der Waals surface area contributed by atoms with E-state index in [0.717, 1.165) is 19.6 Å². The lowest BCUT2D eigenvalue weighted by Gasteiger charge is -2.18. The lowest BCUT2D eigenvalue weighted by atomic mass is 10.2. The van der Waals surface area contributed by atoms with E-state index in [9.17, 15) is 4.79 Å². The molecule has 0 aromatic heterocycles. The molecule has 5 heteroatoms. The Balaban J connectivity index is 2.59. The summed E-state index contributed by atoms with van der Waals surface area (Å²) < 4.78 is 5.58. The molecule has 100 valence electrons. The first kappa shape index (κ1) is 14.5. The monoisotopic (exact) mass is 252 g/mol. The Morgan fingerprint density at radius 1 is 1.33 bits per heavy atom. The van der Waals surface area contributed by atoms with E-state index in [-0.39, 0.29) is 0 Å². The third-order valence-corrected chi connectivity index (χ3v) is 2.79. The Morgan fingerprint density at radius 3 is 2.61 bits per heavy atom. The number of hydrogen-bond donors (Lipinski definition) is 2. The molecule has 0 bridgehead atoms. The number of nitrogens with zero attached hydrogens (tertiary/aromatic N) is 1. The molecule has 18 heavy (non-hydrogen) atoms. The molecule has 0 unspecified atom stereocenters. The van der Waals surface area contributed by atoms with Gasteiger partial charge in [0.15, 0.2) is 0 Å². The minimum Gasteiger partial charge on any atom is -0.491 e. The average molecular weight is 252 g/mol. The fourth-order valence-corrected chi connectivity index (χ4v) is 1.66. The highest BCUT2D eigenvalue weighted by Crippen LogP contribution is 2.17. The highest BCUT2D eigenvalue weighted by Gasteiger charge is 2.11. The third kappa shape index (κ3) is 4.01. The first-order valence-electron chi connectivity index (χ1n) is 6.11. The molecule has 2 N–H and O–H groups in total. The normalized spacial score (nSPS) is 10.4. The zero-order valence-electron chi connectivity index (χ0n) is 10.8. The van der Waals surface area contributed by atoms with Gasteiger partial charge in [-0.1, -0.05) is 26.0 Å². The summed E-state index contributed by atoms with van der Waals surface area (Å²) in [6, 6.07) is 6.84. The Bertz CT molecular complexity index is 378. The van der Waals surface area contributed by atoms with Gasteiger partial charge >= 0.3 is 0 Å². The molecule has 0 aliphatic heterocycles. The van der Waals surface area contributed by atoms with Crippen LogP contribution in [0.1, 0.15) is 24.2 Å². The summed E-state index contributed by atoms with van der Waals surface area (Å²) in [6.07, 6.45) is 0. The molecular formula is C13H20N2O3. The van der Waals surface area contributed by atoms with E-state index in [2.05, 4.69) is 18.7 Å². The summed E-state index contributed by atoms with van der Waals surface area (Å²) in [5.41, 5.74) is 1.95. The molecule has 0 atom stereocenters. The fraction of sp³-hybridized carbons (Fsp3) is 0.462. The summed E-state index contributed by atoms with van der Waals surface area (Å²) in [5, 5.41) is 8.64. The van der Waals surface area contributed by atoms with Crippen LogP contribution in [0.25, 0.3) is 0 Å². The van der Waals surface area contributed by atoms with Gasteiger partial charge in [-0.2, -0.15) is 0 Å². The van der Waals surface area contributed by atoms with Crippen molar-refractivity contribution in [2.45, 2.75) is 13.8 Å². The standard InChI is InChI=1S/C13H20N2O3/c1-3-15(4-2)9-10-18-12-8-6-5-7-11(12)13(16)14-17/h5-8,17H,3-4,9-10H2,1-2H3,(H,14,16). The van der Waals surface area contributed by atoms with Crippen LogP contribution >= 0.6 is 0 Å². The first-order chi connectivity index (χ1) is 8.72. The van der Waals surface area contributed by atoms with Crippen molar-refractivity contribution in [1.82, 2.24) is 10.4 Å². The molecular weight excluding hydrogens is 232 g/mol. The summed E-state index contributed by atoms with van der Waals surface area (Å²) >= 11 is 0. The van der Waals surface area contributed by atoms with E-state index in [1.807, 2.05) is 0 Å². The molecule has 1 aromatic carbocycles. The maximum Gasteiger partial charge on any atom is 0.278 e. The number of carbonyl (C=O) groups excluding carboxylic acids is 1. The number of para-hydroxylation sites is 1. The van der Waals surface area contributed by atoms with Gasteiger partial charge in [0.25, 0.3) is 5.91 Å². The molecule has 1 rings (SSSR count). The van der Waals surface area contributed by atoms with E-state index >= 15 is 0 Å². The molecule has 1 amide bonds.